The first-order valence-electron chi connectivity index (χ1n) is 7.91. The number of rotatable bonds is 3. The molecule has 22 heavy (non-hydrogen) atoms. The topological polar surface area (TPSA) is 62.3 Å². The summed E-state index contributed by atoms with van der Waals surface area (Å²) >= 11 is 1.40. The Kier molecular flexibility index (Phi) is 3.48. The summed E-state index contributed by atoms with van der Waals surface area (Å²) in [5, 5.41) is 5.31. The number of piperidine rings is 1. The lowest BCUT2D eigenvalue weighted by Gasteiger charge is -2.41. The number of carbonyl (C=O) groups is 2. The second-order valence-electron chi connectivity index (χ2n) is 6.34. The van der Waals surface area contributed by atoms with E-state index in [0.29, 0.717) is 17.6 Å². The van der Waals surface area contributed by atoms with Crippen LogP contribution in [0, 0.1) is 17.8 Å². The van der Waals surface area contributed by atoms with E-state index < -0.39 is 0 Å². The van der Waals surface area contributed by atoms with E-state index >= 15 is 0 Å². The molecule has 0 spiro atoms. The van der Waals surface area contributed by atoms with Crippen LogP contribution in [0.1, 0.15) is 25.7 Å². The number of allylic oxidation sites excluding steroid dienone is 2. The second kappa shape index (κ2) is 5.50. The first-order chi connectivity index (χ1) is 10.7. The van der Waals surface area contributed by atoms with Gasteiger partial charge in [-0.1, -0.05) is 12.2 Å². The molecule has 3 aliphatic rings. The molecule has 1 aliphatic heterocycles. The molecule has 1 saturated heterocycles. The van der Waals surface area contributed by atoms with Crippen LogP contribution in [0.3, 0.4) is 0 Å². The summed E-state index contributed by atoms with van der Waals surface area (Å²) in [5.41, 5.74) is 0. The third-order valence-corrected chi connectivity index (χ3v) is 5.62. The van der Waals surface area contributed by atoms with Crippen LogP contribution < -0.4 is 5.32 Å². The molecule has 0 aromatic carbocycles. The lowest BCUT2D eigenvalue weighted by atomic mass is 9.71. The van der Waals surface area contributed by atoms with E-state index in [1.807, 2.05) is 10.3 Å². The number of aromatic nitrogens is 1. The molecule has 0 bridgehead atoms. The van der Waals surface area contributed by atoms with Gasteiger partial charge in [-0.3, -0.25) is 9.59 Å². The Labute approximate surface area is 133 Å². The van der Waals surface area contributed by atoms with Crippen molar-refractivity contribution in [2.75, 3.05) is 11.9 Å². The summed E-state index contributed by atoms with van der Waals surface area (Å²) < 4.78 is 0. The summed E-state index contributed by atoms with van der Waals surface area (Å²) in [6.45, 7) is 0.843. The van der Waals surface area contributed by atoms with Crippen LogP contribution in [0.25, 0.3) is 0 Å². The van der Waals surface area contributed by atoms with E-state index in [9.17, 15) is 9.59 Å². The smallest absolute Gasteiger partial charge is 0.230 e. The molecule has 1 aromatic heterocycles. The number of hydrogen-bond acceptors (Lipinski definition) is 4. The number of carbonyl (C=O) groups excluding carboxylic acids is 2. The largest absolute Gasteiger partial charge is 0.339 e. The molecule has 1 saturated carbocycles. The highest BCUT2D eigenvalue weighted by atomic mass is 32.1. The quantitative estimate of drug-likeness (QED) is 0.870. The number of nitrogens with zero attached hydrogens (tertiary/aromatic N) is 2. The van der Waals surface area contributed by atoms with Crippen LogP contribution in [0.5, 0.6) is 0 Å². The molecular weight excluding hydrogens is 298 g/mol. The van der Waals surface area contributed by atoms with Crippen molar-refractivity contribution in [3.05, 3.63) is 23.7 Å². The van der Waals surface area contributed by atoms with Crippen LogP contribution in [0.15, 0.2) is 23.7 Å². The maximum atomic E-state index is 12.9. The van der Waals surface area contributed by atoms with Gasteiger partial charge >= 0.3 is 0 Å². The summed E-state index contributed by atoms with van der Waals surface area (Å²) in [5.74, 6) is -0.141. The first kappa shape index (κ1) is 13.9. The Hall–Kier alpha value is -1.69. The highest BCUT2D eigenvalue weighted by Crippen LogP contribution is 2.41. The Morgan fingerprint density at radius 1 is 1.36 bits per heavy atom. The number of anilines is 1. The van der Waals surface area contributed by atoms with Crippen molar-refractivity contribution in [3.63, 3.8) is 0 Å². The lowest BCUT2D eigenvalue weighted by molar-refractivity contribution is -0.147. The van der Waals surface area contributed by atoms with Gasteiger partial charge in [-0.15, -0.1) is 11.3 Å². The van der Waals surface area contributed by atoms with Crippen molar-refractivity contribution in [3.8, 4) is 0 Å². The van der Waals surface area contributed by atoms with Crippen LogP contribution in [0.4, 0.5) is 5.13 Å². The molecule has 4 rings (SSSR count). The summed E-state index contributed by atoms with van der Waals surface area (Å²) in [6.07, 6.45) is 9.73. The minimum atomic E-state index is -0.270. The summed E-state index contributed by atoms with van der Waals surface area (Å²) in [6, 6.07) is 0.432. The molecule has 2 amide bonds. The normalized spacial score (nSPS) is 31.0. The third kappa shape index (κ3) is 2.45. The lowest BCUT2D eigenvalue weighted by Crippen LogP contribution is -2.51. The first-order valence-corrected chi connectivity index (χ1v) is 8.79. The van der Waals surface area contributed by atoms with Gasteiger partial charge in [0.25, 0.3) is 0 Å². The van der Waals surface area contributed by atoms with Crippen LogP contribution in [-0.4, -0.2) is 34.3 Å². The molecule has 0 radical (unpaired) electrons. The SMILES string of the molecule is O=C(Nc1nccs1)C1CC=C[C@@H]2CCN(C3CC3)C(=O)[C@H]12. The molecular formula is C16H19N3O2S. The van der Waals surface area contributed by atoms with Crippen molar-refractivity contribution in [2.24, 2.45) is 17.8 Å². The van der Waals surface area contributed by atoms with E-state index in [-0.39, 0.29) is 29.6 Å². The monoisotopic (exact) mass is 317 g/mol. The molecule has 1 N–H and O–H groups in total. The van der Waals surface area contributed by atoms with Crippen molar-refractivity contribution in [1.82, 2.24) is 9.88 Å². The minimum absolute atomic E-state index is 0.0692. The zero-order valence-electron chi connectivity index (χ0n) is 12.3. The van der Waals surface area contributed by atoms with Gasteiger partial charge in [0.1, 0.15) is 0 Å². The van der Waals surface area contributed by atoms with Gasteiger partial charge in [0, 0.05) is 24.2 Å². The maximum absolute atomic E-state index is 12.9. The minimum Gasteiger partial charge on any atom is -0.339 e. The number of thiazole rings is 1. The molecule has 2 aliphatic carbocycles. The maximum Gasteiger partial charge on any atom is 0.230 e. The van der Waals surface area contributed by atoms with E-state index in [0.717, 1.165) is 25.8 Å². The molecule has 2 heterocycles. The zero-order valence-corrected chi connectivity index (χ0v) is 13.1. The Morgan fingerprint density at radius 3 is 2.95 bits per heavy atom. The highest BCUT2D eigenvalue weighted by molar-refractivity contribution is 7.13. The van der Waals surface area contributed by atoms with Gasteiger partial charge in [0.15, 0.2) is 5.13 Å². The third-order valence-electron chi connectivity index (χ3n) is 4.93. The van der Waals surface area contributed by atoms with Crippen LogP contribution in [0.2, 0.25) is 0 Å². The summed E-state index contributed by atoms with van der Waals surface area (Å²) in [4.78, 5) is 31.6. The van der Waals surface area contributed by atoms with Crippen LogP contribution in [-0.2, 0) is 9.59 Å². The number of likely N-dealkylation sites (tertiary alicyclic amines) is 1. The fourth-order valence-electron chi connectivity index (χ4n) is 3.69. The van der Waals surface area contributed by atoms with Gasteiger partial charge in [-0.25, -0.2) is 4.98 Å². The number of fused-ring (bicyclic) bond motifs is 1. The average molecular weight is 317 g/mol. The van der Waals surface area contributed by atoms with Gasteiger partial charge in [0.05, 0.1) is 11.8 Å². The molecule has 1 unspecified atom stereocenters. The van der Waals surface area contributed by atoms with E-state index in [1.165, 1.54) is 11.3 Å². The number of nitrogens with one attached hydrogen (secondary N) is 1. The molecule has 6 heteroatoms. The predicted octanol–water partition coefficient (Wildman–Crippen LogP) is 2.28. The molecule has 2 fully saturated rings. The van der Waals surface area contributed by atoms with Crippen LogP contribution >= 0.6 is 11.3 Å². The zero-order chi connectivity index (χ0) is 15.1. The van der Waals surface area contributed by atoms with E-state index in [1.54, 1.807) is 6.20 Å². The molecule has 116 valence electrons. The fraction of sp³-hybridized carbons (Fsp3) is 0.562. The molecule has 3 atom stereocenters. The summed E-state index contributed by atoms with van der Waals surface area (Å²) in [7, 11) is 0. The van der Waals surface area contributed by atoms with E-state index in [2.05, 4.69) is 22.5 Å². The molecule has 5 nitrogen and oxygen atoms in total. The average Bonchev–Trinajstić information content (AvgIpc) is 3.24. The molecule has 1 aromatic rings. The van der Waals surface area contributed by atoms with Gasteiger partial charge < -0.3 is 10.2 Å². The fourth-order valence-corrected chi connectivity index (χ4v) is 4.22. The predicted molar refractivity (Wildman–Crippen MR) is 84.3 cm³/mol. The van der Waals surface area contributed by atoms with Gasteiger partial charge in [-0.05, 0) is 31.6 Å². The Morgan fingerprint density at radius 2 is 2.23 bits per heavy atom. The number of amides is 2. The Balaban J connectivity index is 1.54. The van der Waals surface area contributed by atoms with Gasteiger partial charge in [0.2, 0.25) is 11.8 Å². The Bertz CT molecular complexity index is 609. The van der Waals surface area contributed by atoms with E-state index in [4.69, 9.17) is 0 Å². The number of hydrogen-bond donors (Lipinski definition) is 1. The van der Waals surface area contributed by atoms with Crippen molar-refractivity contribution in [2.45, 2.75) is 31.7 Å². The second-order valence-corrected chi connectivity index (χ2v) is 7.23. The van der Waals surface area contributed by atoms with Crippen molar-refractivity contribution < 1.29 is 9.59 Å². The standard InChI is InChI=1S/C16H19N3O2S/c20-14(18-16-17-7-9-22-16)12-3-1-2-10-6-8-19(11-4-5-11)15(21)13(10)12/h1-2,7,9-13H,3-6,8H2,(H,17,18,20)/t10-,12?,13+/m1/s1. The van der Waals surface area contributed by atoms with Crippen molar-refractivity contribution in [1.29, 1.82) is 0 Å². The van der Waals surface area contributed by atoms with Gasteiger partial charge in [-0.2, -0.15) is 0 Å². The van der Waals surface area contributed by atoms with Crippen molar-refractivity contribution >= 4 is 28.3 Å². The highest BCUT2D eigenvalue weighted by Gasteiger charge is 2.47.